The number of benzene rings is 1. The predicted octanol–water partition coefficient (Wildman–Crippen LogP) is 3.79. The fourth-order valence-electron chi connectivity index (χ4n) is 1.81. The van der Waals surface area contributed by atoms with Crippen molar-refractivity contribution in [3.63, 3.8) is 0 Å². The summed E-state index contributed by atoms with van der Waals surface area (Å²) in [4.78, 5) is 0. The molecule has 2 aromatic heterocycles. The predicted molar refractivity (Wildman–Crippen MR) is 78.5 cm³/mol. The van der Waals surface area contributed by atoms with Crippen LogP contribution in [0.2, 0.25) is 0 Å². The summed E-state index contributed by atoms with van der Waals surface area (Å²) >= 11 is 6.96. The van der Waals surface area contributed by atoms with Crippen LogP contribution in [0.3, 0.4) is 0 Å². The van der Waals surface area contributed by atoms with Crippen molar-refractivity contribution in [3.8, 4) is 17.5 Å². The molecule has 0 amide bonds. The Labute approximate surface area is 126 Å². The fraction of sp³-hybridized carbons (Fsp3) is 0. The van der Waals surface area contributed by atoms with Gasteiger partial charge in [-0.25, -0.2) is 0 Å². The van der Waals surface area contributed by atoms with E-state index in [1.165, 1.54) is 0 Å². The molecule has 19 heavy (non-hydrogen) atoms. The Hall–Kier alpha value is -1.71. The first-order valence-corrected chi connectivity index (χ1v) is 6.98. The minimum atomic E-state index is 0.569. The maximum atomic E-state index is 8.88. The second kappa shape index (κ2) is 4.76. The number of pyridine rings is 1. The lowest BCUT2D eigenvalue weighted by atomic mass is 10.2. The maximum absolute atomic E-state index is 8.88. The van der Waals surface area contributed by atoms with Crippen LogP contribution in [0.1, 0.15) is 5.56 Å². The molecule has 0 saturated carbocycles. The highest BCUT2D eigenvalue weighted by atomic mass is 79.9. The molecule has 0 aliphatic carbocycles. The lowest BCUT2D eigenvalue weighted by Crippen LogP contribution is -1.91. The number of halogens is 2. The first-order chi connectivity index (χ1) is 9.19. The normalized spacial score (nSPS) is 10.6. The Bertz CT molecular complexity index is 817. The minimum Gasteiger partial charge on any atom is -0.282 e. The molecule has 2 heterocycles. The van der Waals surface area contributed by atoms with Crippen molar-refractivity contribution in [2.75, 3.05) is 0 Å². The molecule has 0 spiro atoms. The van der Waals surface area contributed by atoms with Gasteiger partial charge >= 0.3 is 0 Å². The second-order valence-corrected chi connectivity index (χ2v) is 5.67. The molecule has 0 unspecified atom stereocenters. The topological polar surface area (TPSA) is 54.0 Å². The molecule has 0 radical (unpaired) electrons. The molecule has 0 aliphatic heterocycles. The van der Waals surface area contributed by atoms with E-state index in [9.17, 15) is 0 Å². The summed E-state index contributed by atoms with van der Waals surface area (Å²) in [5.41, 5.74) is 2.16. The summed E-state index contributed by atoms with van der Waals surface area (Å²) in [7, 11) is 0. The summed E-state index contributed by atoms with van der Waals surface area (Å²) in [6.07, 6.45) is 1.80. The van der Waals surface area contributed by atoms with Gasteiger partial charge in [0.2, 0.25) is 0 Å². The van der Waals surface area contributed by atoms with Gasteiger partial charge in [0.15, 0.2) is 11.5 Å². The second-order valence-electron chi connectivity index (χ2n) is 3.90. The Balaban J connectivity index is 2.26. The van der Waals surface area contributed by atoms with Crippen molar-refractivity contribution < 1.29 is 0 Å². The minimum absolute atomic E-state index is 0.569. The number of fused-ring (bicyclic) bond motifs is 1. The van der Waals surface area contributed by atoms with E-state index >= 15 is 0 Å². The number of rotatable bonds is 1. The van der Waals surface area contributed by atoms with E-state index < -0.39 is 0 Å². The van der Waals surface area contributed by atoms with Gasteiger partial charge in [-0.05, 0) is 24.3 Å². The monoisotopic (exact) mass is 376 g/mol. The maximum Gasteiger partial charge on any atom is 0.169 e. The van der Waals surface area contributed by atoms with Crippen LogP contribution in [0.15, 0.2) is 45.5 Å². The average molecular weight is 378 g/mol. The van der Waals surface area contributed by atoms with Crippen molar-refractivity contribution >= 4 is 37.5 Å². The van der Waals surface area contributed by atoms with Gasteiger partial charge in [-0.15, -0.1) is 10.2 Å². The highest BCUT2D eigenvalue weighted by molar-refractivity contribution is 9.11. The number of nitriles is 1. The third kappa shape index (κ3) is 2.15. The van der Waals surface area contributed by atoms with Crippen LogP contribution in [0, 0.1) is 11.3 Å². The largest absolute Gasteiger partial charge is 0.282 e. The van der Waals surface area contributed by atoms with Crippen molar-refractivity contribution in [3.05, 3.63) is 51.0 Å². The zero-order chi connectivity index (χ0) is 13.4. The number of hydrogen-bond donors (Lipinski definition) is 0. The van der Waals surface area contributed by atoms with Crippen LogP contribution in [-0.2, 0) is 0 Å². The van der Waals surface area contributed by atoms with Gasteiger partial charge in [-0.3, -0.25) is 4.40 Å². The summed E-state index contributed by atoms with van der Waals surface area (Å²) in [5, 5.41) is 17.2. The SMILES string of the molecule is N#Cc1ccn2c(-c3cc(Br)ccc3Br)nnc2c1. The Morgan fingerprint density at radius 3 is 2.74 bits per heavy atom. The van der Waals surface area contributed by atoms with Crippen LogP contribution < -0.4 is 0 Å². The van der Waals surface area contributed by atoms with E-state index in [-0.39, 0.29) is 0 Å². The van der Waals surface area contributed by atoms with Gasteiger partial charge in [0.1, 0.15) is 0 Å². The van der Waals surface area contributed by atoms with Crippen molar-refractivity contribution in [1.82, 2.24) is 14.6 Å². The van der Waals surface area contributed by atoms with Crippen LogP contribution in [0.5, 0.6) is 0 Å². The van der Waals surface area contributed by atoms with Gasteiger partial charge in [0, 0.05) is 26.8 Å². The molecule has 0 fully saturated rings. The lowest BCUT2D eigenvalue weighted by Gasteiger charge is -2.03. The summed E-state index contributed by atoms with van der Waals surface area (Å²) < 4.78 is 3.76. The van der Waals surface area contributed by atoms with Gasteiger partial charge in [-0.2, -0.15) is 5.26 Å². The van der Waals surface area contributed by atoms with Crippen molar-refractivity contribution in [2.45, 2.75) is 0 Å². The zero-order valence-corrected chi connectivity index (χ0v) is 12.7. The third-order valence-electron chi connectivity index (χ3n) is 2.71. The molecule has 0 N–H and O–H groups in total. The van der Waals surface area contributed by atoms with E-state index in [1.807, 2.05) is 22.6 Å². The Kier molecular flexibility index (Phi) is 3.09. The lowest BCUT2D eigenvalue weighted by molar-refractivity contribution is 1.11. The van der Waals surface area contributed by atoms with Crippen LogP contribution >= 0.6 is 31.9 Å². The van der Waals surface area contributed by atoms with Gasteiger partial charge in [-0.1, -0.05) is 31.9 Å². The van der Waals surface area contributed by atoms with Gasteiger partial charge in [0.05, 0.1) is 11.6 Å². The highest BCUT2D eigenvalue weighted by Crippen LogP contribution is 2.30. The molecule has 92 valence electrons. The van der Waals surface area contributed by atoms with E-state index in [4.69, 9.17) is 5.26 Å². The van der Waals surface area contributed by atoms with Gasteiger partial charge < -0.3 is 0 Å². The Morgan fingerprint density at radius 1 is 1.11 bits per heavy atom. The molecule has 4 nitrogen and oxygen atoms in total. The summed E-state index contributed by atoms with van der Waals surface area (Å²) in [6.45, 7) is 0. The number of hydrogen-bond acceptors (Lipinski definition) is 3. The first kappa shape index (κ1) is 12.3. The molecule has 6 heteroatoms. The van der Waals surface area contributed by atoms with Crippen LogP contribution in [-0.4, -0.2) is 14.6 Å². The van der Waals surface area contributed by atoms with Crippen molar-refractivity contribution in [2.24, 2.45) is 0 Å². The van der Waals surface area contributed by atoms with E-state index in [0.29, 0.717) is 11.2 Å². The van der Waals surface area contributed by atoms with Crippen LogP contribution in [0.4, 0.5) is 0 Å². The number of nitrogens with zero attached hydrogens (tertiary/aromatic N) is 4. The zero-order valence-electron chi connectivity index (χ0n) is 9.51. The number of aromatic nitrogens is 3. The van der Waals surface area contributed by atoms with E-state index in [1.54, 1.807) is 18.3 Å². The molecule has 0 aliphatic rings. The molecule has 1 aromatic carbocycles. The smallest absolute Gasteiger partial charge is 0.169 e. The molecule has 3 aromatic rings. The standard InChI is InChI=1S/C13H6Br2N4/c14-9-1-2-11(15)10(6-9)13-18-17-12-5-8(7-16)3-4-19(12)13/h1-6H. The van der Waals surface area contributed by atoms with E-state index in [2.05, 4.69) is 48.1 Å². The van der Waals surface area contributed by atoms with Crippen LogP contribution in [0.25, 0.3) is 17.0 Å². The molecule has 0 saturated heterocycles. The molecule has 0 atom stereocenters. The Morgan fingerprint density at radius 2 is 1.95 bits per heavy atom. The summed E-state index contributed by atoms with van der Waals surface area (Å²) in [5.74, 6) is 0.729. The van der Waals surface area contributed by atoms with Gasteiger partial charge in [0.25, 0.3) is 0 Å². The molecular weight excluding hydrogens is 372 g/mol. The molecular formula is C13H6Br2N4. The highest BCUT2D eigenvalue weighted by Gasteiger charge is 2.12. The third-order valence-corrected chi connectivity index (χ3v) is 3.89. The molecule has 0 bridgehead atoms. The average Bonchev–Trinajstić information content (AvgIpc) is 2.84. The first-order valence-electron chi connectivity index (χ1n) is 5.39. The molecule has 3 rings (SSSR count). The van der Waals surface area contributed by atoms with Crippen molar-refractivity contribution in [1.29, 1.82) is 5.26 Å². The summed E-state index contributed by atoms with van der Waals surface area (Å²) in [6, 6.07) is 11.4. The quantitative estimate of drug-likeness (QED) is 0.648. The fourth-order valence-corrected chi connectivity index (χ4v) is 2.60. The van der Waals surface area contributed by atoms with E-state index in [0.717, 1.165) is 20.3 Å².